The van der Waals surface area contributed by atoms with Crippen molar-refractivity contribution < 1.29 is 9.53 Å². The second-order valence-corrected chi connectivity index (χ2v) is 4.76. The molecule has 0 aliphatic heterocycles. The Morgan fingerprint density at radius 1 is 1.44 bits per heavy atom. The first-order valence-corrected chi connectivity index (χ1v) is 6.57. The molecule has 1 aliphatic rings. The van der Waals surface area contributed by atoms with Crippen molar-refractivity contribution in [3.63, 3.8) is 0 Å². The second-order valence-electron chi connectivity index (χ2n) is 4.76. The van der Waals surface area contributed by atoms with Crippen LogP contribution in [-0.4, -0.2) is 17.6 Å². The molecule has 1 aromatic heterocycles. The van der Waals surface area contributed by atoms with Crippen molar-refractivity contribution in [3.8, 4) is 0 Å². The van der Waals surface area contributed by atoms with Crippen LogP contribution in [0.5, 0.6) is 0 Å². The smallest absolute Gasteiger partial charge is 0.314 e. The van der Waals surface area contributed by atoms with Crippen LogP contribution < -0.4 is 0 Å². The van der Waals surface area contributed by atoms with Crippen LogP contribution in [0.25, 0.3) is 10.9 Å². The standard InChI is InChI=1S/C15H17NO2/c1-2-18-15(17)12-8-5-7-11-10-6-3-4-9-13(10)16-14(11)12/h3-4,6,9,12,16H,2,5,7-8H2,1H3. The Labute approximate surface area is 106 Å². The maximum absolute atomic E-state index is 12.0. The summed E-state index contributed by atoms with van der Waals surface area (Å²) in [5, 5.41) is 1.25. The van der Waals surface area contributed by atoms with E-state index >= 15 is 0 Å². The summed E-state index contributed by atoms with van der Waals surface area (Å²) in [6, 6.07) is 8.25. The van der Waals surface area contributed by atoms with Gasteiger partial charge in [0.15, 0.2) is 0 Å². The molecule has 1 heterocycles. The van der Waals surface area contributed by atoms with Crippen molar-refractivity contribution in [2.24, 2.45) is 0 Å². The molecule has 3 rings (SSSR count). The molecule has 1 atom stereocenters. The number of aromatic nitrogens is 1. The summed E-state index contributed by atoms with van der Waals surface area (Å²) < 4.78 is 5.18. The molecule has 1 unspecified atom stereocenters. The maximum Gasteiger partial charge on any atom is 0.314 e. The number of hydrogen-bond donors (Lipinski definition) is 1. The van der Waals surface area contributed by atoms with Gasteiger partial charge in [0.05, 0.1) is 12.5 Å². The van der Waals surface area contributed by atoms with E-state index in [1.165, 1.54) is 10.9 Å². The van der Waals surface area contributed by atoms with Gasteiger partial charge in [-0.1, -0.05) is 18.2 Å². The molecule has 3 heteroatoms. The summed E-state index contributed by atoms with van der Waals surface area (Å²) >= 11 is 0. The Hall–Kier alpha value is -1.77. The number of rotatable bonds is 2. The van der Waals surface area contributed by atoms with Crippen molar-refractivity contribution in [3.05, 3.63) is 35.5 Å². The average Bonchev–Trinajstić information content (AvgIpc) is 2.77. The largest absolute Gasteiger partial charge is 0.465 e. The summed E-state index contributed by atoms with van der Waals surface area (Å²) in [6.45, 7) is 2.30. The molecule has 0 amide bonds. The summed E-state index contributed by atoms with van der Waals surface area (Å²) in [5.41, 5.74) is 3.49. The number of H-pyrrole nitrogens is 1. The molecule has 0 radical (unpaired) electrons. The lowest BCUT2D eigenvalue weighted by Gasteiger charge is -2.20. The lowest BCUT2D eigenvalue weighted by atomic mass is 9.87. The minimum absolute atomic E-state index is 0.0926. The van der Waals surface area contributed by atoms with Crippen molar-refractivity contribution in [1.29, 1.82) is 0 Å². The van der Waals surface area contributed by atoms with Gasteiger partial charge in [-0.2, -0.15) is 0 Å². The minimum Gasteiger partial charge on any atom is -0.465 e. The molecule has 0 saturated carbocycles. The van der Waals surface area contributed by atoms with Crippen molar-refractivity contribution in [1.82, 2.24) is 4.98 Å². The molecular formula is C15H17NO2. The highest BCUT2D eigenvalue weighted by atomic mass is 16.5. The van der Waals surface area contributed by atoms with E-state index in [2.05, 4.69) is 17.1 Å². The molecule has 18 heavy (non-hydrogen) atoms. The first kappa shape index (κ1) is 11.3. The van der Waals surface area contributed by atoms with E-state index in [0.717, 1.165) is 30.5 Å². The predicted molar refractivity (Wildman–Crippen MR) is 70.6 cm³/mol. The Balaban J connectivity index is 2.08. The fraction of sp³-hybridized carbons (Fsp3) is 0.400. The number of hydrogen-bond acceptors (Lipinski definition) is 2. The quantitative estimate of drug-likeness (QED) is 0.823. The van der Waals surface area contributed by atoms with Gasteiger partial charge in [0.1, 0.15) is 0 Å². The summed E-state index contributed by atoms with van der Waals surface area (Å²) in [6.07, 6.45) is 2.99. The SMILES string of the molecule is CCOC(=O)C1CCCc2c1[nH]c1ccccc21. The second kappa shape index (κ2) is 4.48. The molecule has 0 fully saturated rings. The van der Waals surface area contributed by atoms with E-state index in [4.69, 9.17) is 4.74 Å². The third-order valence-corrected chi connectivity index (χ3v) is 3.69. The summed E-state index contributed by atoms with van der Waals surface area (Å²) in [5.74, 6) is -0.203. The van der Waals surface area contributed by atoms with Crippen LogP contribution in [-0.2, 0) is 16.0 Å². The molecule has 1 N–H and O–H groups in total. The number of benzene rings is 1. The van der Waals surface area contributed by atoms with E-state index in [1.807, 2.05) is 19.1 Å². The van der Waals surface area contributed by atoms with Gasteiger partial charge in [-0.15, -0.1) is 0 Å². The highest BCUT2D eigenvalue weighted by Gasteiger charge is 2.30. The monoisotopic (exact) mass is 243 g/mol. The summed E-state index contributed by atoms with van der Waals surface area (Å²) in [7, 11) is 0. The van der Waals surface area contributed by atoms with Crippen LogP contribution in [0, 0.1) is 0 Å². The van der Waals surface area contributed by atoms with Gasteiger partial charge in [-0.3, -0.25) is 4.79 Å². The number of carbonyl (C=O) groups excluding carboxylic acids is 1. The van der Waals surface area contributed by atoms with Crippen molar-refractivity contribution in [2.75, 3.05) is 6.61 Å². The van der Waals surface area contributed by atoms with Gasteiger partial charge in [0, 0.05) is 16.6 Å². The fourth-order valence-corrected chi connectivity index (χ4v) is 2.89. The van der Waals surface area contributed by atoms with E-state index < -0.39 is 0 Å². The molecule has 94 valence electrons. The molecule has 0 saturated heterocycles. The third-order valence-electron chi connectivity index (χ3n) is 3.69. The molecule has 0 spiro atoms. The Kier molecular flexibility index (Phi) is 2.82. The van der Waals surface area contributed by atoms with Gasteiger partial charge in [-0.05, 0) is 37.8 Å². The van der Waals surface area contributed by atoms with Gasteiger partial charge >= 0.3 is 5.97 Å². The highest BCUT2D eigenvalue weighted by Crippen LogP contribution is 2.36. The van der Waals surface area contributed by atoms with Gasteiger partial charge < -0.3 is 9.72 Å². The first-order valence-electron chi connectivity index (χ1n) is 6.57. The van der Waals surface area contributed by atoms with Crippen LogP contribution >= 0.6 is 0 Å². The maximum atomic E-state index is 12.0. The Bertz CT molecular complexity index is 585. The topological polar surface area (TPSA) is 42.1 Å². The molecule has 2 aromatic rings. The molecule has 1 aromatic carbocycles. The average molecular weight is 243 g/mol. The third kappa shape index (κ3) is 1.70. The van der Waals surface area contributed by atoms with Crippen LogP contribution in [0.2, 0.25) is 0 Å². The van der Waals surface area contributed by atoms with E-state index in [-0.39, 0.29) is 11.9 Å². The lowest BCUT2D eigenvalue weighted by molar-refractivity contribution is -0.145. The molecule has 0 bridgehead atoms. The van der Waals surface area contributed by atoms with Gasteiger partial charge in [0.2, 0.25) is 0 Å². The lowest BCUT2D eigenvalue weighted by Crippen LogP contribution is -2.20. The number of aromatic amines is 1. The number of carbonyl (C=O) groups is 1. The minimum atomic E-state index is -0.110. The molecule has 1 aliphatic carbocycles. The fourth-order valence-electron chi connectivity index (χ4n) is 2.89. The zero-order valence-electron chi connectivity index (χ0n) is 10.5. The van der Waals surface area contributed by atoms with Crippen LogP contribution in [0.3, 0.4) is 0 Å². The Morgan fingerprint density at radius 2 is 2.28 bits per heavy atom. The molecular weight excluding hydrogens is 226 g/mol. The zero-order valence-corrected chi connectivity index (χ0v) is 10.5. The van der Waals surface area contributed by atoms with Crippen LogP contribution in [0.1, 0.15) is 36.9 Å². The predicted octanol–water partition coefficient (Wildman–Crippen LogP) is 3.15. The highest BCUT2D eigenvalue weighted by molar-refractivity contribution is 5.88. The van der Waals surface area contributed by atoms with E-state index in [1.54, 1.807) is 0 Å². The number of ether oxygens (including phenoxy) is 1. The van der Waals surface area contributed by atoms with Crippen molar-refractivity contribution in [2.45, 2.75) is 32.1 Å². The number of nitrogens with one attached hydrogen (secondary N) is 1. The van der Waals surface area contributed by atoms with E-state index in [0.29, 0.717) is 6.61 Å². The first-order chi connectivity index (χ1) is 8.81. The van der Waals surface area contributed by atoms with Gasteiger partial charge in [-0.25, -0.2) is 0 Å². The van der Waals surface area contributed by atoms with Gasteiger partial charge in [0.25, 0.3) is 0 Å². The summed E-state index contributed by atoms with van der Waals surface area (Å²) in [4.78, 5) is 15.4. The number of fused-ring (bicyclic) bond motifs is 3. The van der Waals surface area contributed by atoms with Crippen LogP contribution in [0.4, 0.5) is 0 Å². The Morgan fingerprint density at radius 3 is 3.11 bits per heavy atom. The van der Waals surface area contributed by atoms with Crippen molar-refractivity contribution >= 4 is 16.9 Å². The van der Waals surface area contributed by atoms with Crippen LogP contribution in [0.15, 0.2) is 24.3 Å². The number of para-hydroxylation sites is 1. The number of aryl methyl sites for hydroxylation is 1. The molecule has 3 nitrogen and oxygen atoms in total. The number of esters is 1. The normalized spacial score (nSPS) is 18.6. The van der Waals surface area contributed by atoms with E-state index in [9.17, 15) is 4.79 Å². The zero-order chi connectivity index (χ0) is 12.5.